The normalized spacial score (nSPS) is 20.8. The van der Waals surface area contributed by atoms with E-state index >= 15 is 0 Å². The second-order valence-corrected chi connectivity index (χ2v) is 9.98. The smallest absolute Gasteiger partial charge is 0.289 e. The quantitative estimate of drug-likeness (QED) is 0.413. The summed E-state index contributed by atoms with van der Waals surface area (Å²) in [6.45, 7) is 6.56. The van der Waals surface area contributed by atoms with Crippen molar-refractivity contribution in [2.24, 2.45) is 11.3 Å². The third kappa shape index (κ3) is 4.41. The summed E-state index contributed by atoms with van der Waals surface area (Å²) >= 11 is 0. The minimum atomic E-state index is -0.705. The lowest BCUT2D eigenvalue weighted by atomic mass is 9.62. The number of ketones is 3. The van der Waals surface area contributed by atoms with E-state index in [0.717, 1.165) is 35.1 Å². The third-order valence-corrected chi connectivity index (χ3v) is 7.41. The highest BCUT2D eigenvalue weighted by Crippen LogP contribution is 2.46. The van der Waals surface area contributed by atoms with Gasteiger partial charge in [0.1, 0.15) is 17.5 Å². The van der Waals surface area contributed by atoms with Gasteiger partial charge in [0.2, 0.25) is 5.78 Å². The van der Waals surface area contributed by atoms with E-state index in [9.17, 15) is 19.2 Å². The van der Waals surface area contributed by atoms with E-state index in [1.54, 1.807) is 11.8 Å². The van der Waals surface area contributed by atoms with Gasteiger partial charge in [-0.25, -0.2) is 0 Å². The van der Waals surface area contributed by atoms with Gasteiger partial charge in [0.25, 0.3) is 5.91 Å². The molecule has 0 unspecified atom stereocenters. The van der Waals surface area contributed by atoms with E-state index < -0.39 is 5.92 Å². The summed E-state index contributed by atoms with van der Waals surface area (Å²) in [7, 11) is 0. The molecule has 3 aliphatic rings. The molecule has 1 aromatic rings. The van der Waals surface area contributed by atoms with Crippen molar-refractivity contribution in [3.05, 3.63) is 34.4 Å². The van der Waals surface area contributed by atoms with E-state index in [4.69, 9.17) is 0 Å². The van der Waals surface area contributed by atoms with Crippen LogP contribution in [0.15, 0.2) is 12.1 Å². The summed E-state index contributed by atoms with van der Waals surface area (Å²) < 4.78 is 0. The number of rotatable bonds is 4. The van der Waals surface area contributed by atoms with Crippen LogP contribution in [-0.2, 0) is 19.2 Å². The molecule has 2 saturated carbocycles. The molecule has 1 spiro atoms. The second-order valence-electron chi connectivity index (χ2n) is 9.98. The molecule has 1 amide bonds. The molecule has 0 radical (unpaired) electrons. The van der Waals surface area contributed by atoms with Gasteiger partial charge in [-0.15, -0.1) is 5.92 Å². The van der Waals surface area contributed by atoms with Crippen molar-refractivity contribution in [2.75, 3.05) is 13.1 Å². The number of hydrogen-bond donors (Lipinski definition) is 0. The molecule has 1 heterocycles. The van der Waals surface area contributed by atoms with Crippen LogP contribution in [0.2, 0.25) is 0 Å². The Kier molecular flexibility index (Phi) is 6.07. The summed E-state index contributed by atoms with van der Waals surface area (Å²) in [5.41, 5.74) is 3.21. The predicted molar refractivity (Wildman–Crippen MR) is 121 cm³/mol. The van der Waals surface area contributed by atoms with E-state index in [2.05, 4.69) is 11.8 Å². The molecule has 0 aromatic heterocycles. The first-order chi connectivity index (χ1) is 15.2. The Morgan fingerprint density at radius 2 is 1.59 bits per heavy atom. The van der Waals surface area contributed by atoms with Crippen LogP contribution in [0.3, 0.4) is 0 Å². The first-order valence-electron chi connectivity index (χ1n) is 11.6. The SMILES string of the molecule is CC#Cc1cc(C)c(C2C(=O)CC3(CCN(C(=O)C(=O)CC4CC4)CC3)CC2=O)c(C)c1. The first-order valence-corrected chi connectivity index (χ1v) is 11.6. The largest absolute Gasteiger partial charge is 0.336 e. The van der Waals surface area contributed by atoms with Crippen LogP contribution >= 0.6 is 0 Å². The number of Topliss-reactive ketones (excluding diaryl/α,β-unsaturated/α-hetero) is 3. The molecule has 0 N–H and O–H groups in total. The average Bonchev–Trinajstić information content (AvgIpc) is 3.54. The Morgan fingerprint density at radius 3 is 2.09 bits per heavy atom. The summed E-state index contributed by atoms with van der Waals surface area (Å²) in [4.78, 5) is 52.8. The average molecular weight is 434 g/mol. The molecule has 1 aliphatic heterocycles. The number of nitrogens with zero attached hydrogens (tertiary/aromatic N) is 1. The fourth-order valence-electron chi connectivity index (χ4n) is 5.54. The molecule has 5 heteroatoms. The van der Waals surface area contributed by atoms with E-state index in [1.807, 2.05) is 26.0 Å². The van der Waals surface area contributed by atoms with Gasteiger partial charge in [0.15, 0.2) is 0 Å². The standard InChI is InChI=1S/C27H31NO4/c1-4-5-20-12-17(2)24(18(3)13-20)25-22(30)15-27(16-23(25)31)8-10-28(11-9-27)26(32)21(29)14-19-6-7-19/h12-13,19,25H,6-11,14-16H2,1-3H3. The Hall–Kier alpha value is -2.74. The number of likely N-dealkylation sites (tertiary alicyclic amines) is 1. The van der Waals surface area contributed by atoms with Crippen molar-refractivity contribution in [3.63, 3.8) is 0 Å². The molecule has 32 heavy (non-hydrogen) atoms. The second kappa shape index (κ2) is 8.65. The zero-order valence-electron chi connectivity index (χ0n) is 19.3. The van der Waals surface area contributed by atoms with Gasteiger partial charge in [-0.3, -0.25) is 19.2 Å². The highest BCUT2D eigenvalue weighted by Gasteiger charge is 2.48. The maximum Gasteiger partial charge on any atom is 0.289 e. The van der Waals surface area contributed by atoms with Crippen molar-refractivity contribution < 1.29 is 19.2 Å². The highest BCUT2D eigenvalue weighted by molar-refractivity contribution is 6.36. The number of carbonyl (C=O) groups is 4. The molecule has 0 atom stereocenters. The molecule has 168 valence electrons. The van der Waals surface area contributed by atoms with Crippen LogP contribution in [0.1, 0.15) is 80.0 Å². The summed E-state index contributed by atoms with van der Waals surface area (Å²) in [5, 5.41) is 0. The lowest BCUT2D eigenvalue weighted by molar-refractivity contribution is -0.148. The van der Waals surface area contributed by atoms with Crippen LogP contribution in [0, 0.1) is 37.0 Å². The maximum absolute atomic E-state index is 13.3. The fraction of sp³-hybridized carbons (Fsp3) is 0.556. The zero-order valence-corrected chi connectivity index (χ0v) is 19.3. The van der Waals surface area contributed by atoms with E-state index in [1.165, 1.54) is 0 Å². The Bertz CT molecular complexity index is 1000. The number of aryl methyl sites for hydroxylation is 2. The van der Waals surface area contributed by atoms with Gasteiger partial charge >= 0.3 is 0 Å². The fourth-order valence-corrected chi connectivity index (χ4v) is 5.54. The molecule has 5 nitrogen and oxygen atoms in total. The molecule has 1 saturated heterocycles. The number of amides is 1. The van der Waals surface area contributed by atoms with Gasteiger partial charge in [-0.1, -0.05) is 5.92 Å². The van der Waals surface area contributed by atoms with Crippen molar-refractivity contribution in [1.82, 2.24) is 4.90 Å². The molecule has 0 bridgehead atoms. The summed E-state index contributed by atoms with van der Waals surface area (Å²) in [5.74, 6) is 4.90. The molecule has 1 aromatic carbocycles. The van der Waals surface area contributed by atoms with E-state index in [-0.39, 0.29) is 28.7 Å². The van der Waals surface area contributed by atoms with Gasteiger partial charge < -0.3 is 4.90 Å². The predicted octanol–water partition coefficient (Wildman–Crippen LogP) is 3.67. The van der Waals surface area contributed by atoms with E-state index in [0.29, 0.717) is 51.1 Å². The van der Waals surface area contributed by atoms with Crippen molar-refractivity contribution in [3.8, 4) is 11.8 Å². The van der Waals surface area contributed by atoms with Crippen molar-refractivity contribution in [1.29, 1.82) is 0 Å². The summed E-state index contributed by atoms with van der Waals surface area (Å²) in [6, 6.07) is 3.90. The van der Waals surface area contributed by atoms with Crippen LogP contribution in [0.4, 0.5) is 0 Å². The third-order valence-electron chi connectivity index (χ3n) is 7.41. The topological polar surface area (TPSA) is 71.5 Å². The first kappa shape index (κ1) is 22.5. The van der Waals surface area contributed by atoms with Crippen molar-refractivity contribution in [2.45, 2.75) is 71.6 Å². The highest BCUT2D eigenvalue weighted by atomic mass is 16.2. The Morgan fingerprint density at radius 1 is 1.03 bits per heavy atom. The number of piperidine rings is 1. The maximum atomic E-state index is 13.3. The molecule has 4 rings (SSSR count). The zero-order chi connectivity index (χ0) is 23.0. The number of benzene rings is 1. The van der Waals surface area contributed by atoms with Gasteiger partial charge in [-0.2, -0.15) is 0 Å². The van der Waals surface area contributed by atoms with Crippen LogP contribution in [0.25, 0.3) is 0 Å². The minimum absolute atomic E-state index is 0.0219. The van der Waals surface area contributed by atoms with Crippen molar-refractivity contribution >= 4 is 23.3 Å². The Labute approximate surface area is 189 Å². The lowest BCUT2D eigenvalue weighted by Gasteiger charge is -2.44. The monoisotopic (exact) mass is 433 g/mol. The van der Waals surface area contributed by atoms with Crippen LogP contribution < -0.4 is 0 Å². The van der Waals surface area contributed by atoms with Gasteiger partial charge in [0, 0.05) is 37.9 Å². The molecule has 2 aliphatic carbocycles. The molecule has 3 fully saturated rings. The van der Waals surface area contributed by atoms with Gasteiger partial charge in [-0.05, 0) is 86.6 Å². The molecular weight excluding hydrogens is 402 g/mol. The Balaban J connectivity index is 1.45. The minimum Gasteiger partial charge on any atom is -0.336 e. The molecular formula is C27H31NO4. The number of carbonyl (C=O) groups excluding carboxylic acids is 4. The summed E-state index contributed by atoms with van der Waals surface area (Å²) in [6.07, 6.45) is 4.36. The van der Waals surface area contributed by atoms with Gasteiger partial charge in [0.05, 0.1) is 0 Å². The van der Waals surface area contributed by atoms with Crippen LogP contribution in [-0.4, -0.2) is 41.2 Å². The van der Waals surface area contributed by atoms with Crippen LogP contribution in [0.5, 0.6) is 0 Å². The lowest BCUT2D eigenvalue weighted by Crippen LogP contribution is -2.49. The number of hydrogen-bond acceptors (Lipinski definition) is 4.